The molecule has 0 amide bonds. The number of nitrogens with zero attached hydrogens (tertiary/aromatic N) is 2. The lowest BCUT2D eigenvalue weighted by Crippen LogP contribution is -2.18. The molecule has 2 aliphatic rings. The van der Waals surface area contributed by atoms with Gasteiger partial charge < -0.3 is 5.32 Å². The van der Waals surface area contributed by atoms with Crippen molar-refractivity contribution in [3.05, 3.63) is 68.9 Å². The molecule has 1 unspecified atom stereocenters. The minimum absolute atomic E-state index is 0.0522. The van der Waals surface area contributed by atoms with Crippen LogP contribution in [0.2, 0.25) is 0 Å². The van der Waals surface area contributed by atoms with Crippen LogP contribution in [0.25, 0.3) is 4.85 Å². The van der Waals surface area contributed by atoms with Crippen LogP contribution in [0.3, 0.4) is 0 Å². The van der Waals surface area contributed by atoms with Crippen LogP contribution in [0.4, 0.5) is 5.82 Å². The second-order valence-electron chi connectivity index (χ2n) is 5.46. The van der Waals surface area contributed by atoms with Gasteiger partial charge in [0.1, 0.15) is 5.82 Å². The quantitative estimate of drug-likeness (QED) is 0.802. The van der Waals surface area contributed by atoms with Gasteiger partial charge >= 0.3 is 0 Å². The Bertz CT molecular complexity index is 780. The summed E-state index contributed by atoms with van der Waals surface area (Å²) in [5.41, 5.74) is 4.03. The van der Waals surface area contributed by atoms with Gasteiger partial charge in [0.25, 0.3) is 0 Å². The SMILES string of the molecule is [C-]#[N+]C1=C(C2CC2)Nc2[nH]ncc2C1c1ccccc1Br. The van der Waals surface area contributed by atoms with Crippen LogP contribution in [0, 0.1) is 12.5 Å². The molecule has 1 atom stereocenters. The van der Waals surface area contributed by atoms with E-state index in [1.54, 1.807) is 0 Å². The maximum Gasteiger partial charge on any atom is 0.196 e. The standard InChI is InChI=1S/C16H13BrN4/c1-18-15-13(10-4-2-3-5-12(10)17)11-8-19-21-16(11)20-14(15)9-6-7-9/h2-5,8-9,13H,6-7H2,(H2,19,20,21). The lowest BCUT2D eigenvalue weighted by atomic mass is 9.86. The fourth-order valence-corrected chi connectivity index (χ4v) is 3.46. The summed E-state index contributed by atoms with van der Waals surface area (Å²) in [5, 5.41) is 10.6. The zero-order chi connectivity index (χ0) is 14.4. The molecule has 4 rings (SSSR count). The van der Waals surface area contributed by atoms with Crippen LogP contribution in [-0.4, -0.2) is 10.2 Å². The minimum Gasteiger partial charge on any atom is -0.354 e. The molecule has 5 heteroatoms. The van der Waals surface area contributed by atoms with E-state index in [1.165, 1.54) is 0 Å². The van der Waals surface area contributed by atoms with Gasteiger partial charge in [-0.25, -0.2) is 4.85 Å². The number of anilines is 1. The van der Waals surface area contributed by atoms with Crippen molar-refractivity contribution in [1.29, 1.82) is 0 Å². The monoisotopic (exact) mass is 340 g/mol. The average Bonchev–Trinajstić information content (AvgIpc) is 3.24. The van der Waals surface area contributed by atoms with Crippen molar-refractivity contribution < 1.29 is 0 Å². The van der Waals surface area contributed by atoms with Gasteiger partial charge in [-0.3, -0.25) is 5.10 Å². The van der Waals surface area contributed by atoms with E-state index in [0.29, 0.717) is 5.92 Å². The number of benzene rings is 1. The molecule has 4 nitrogen and oxygen atoms in total. The fourth-order valence-electron chi connectivity index (χ4n) is 2.95. The molecule has 2 heterocycles. The van der Waals surface area contributed by atoms with Gasteiger partial charge in [0.2, 0.25) is 0 Å². The third kappa shape index (κ3) is 1.98. The van der Waals surface area contributed by atoms with E-state index in [2.05, 4.69) is 42.4 Å². The molecule has 0 bridgehead atoms. The number of rotatable bonds is 2. The first kappa shape index (κ1) is 12.7. The first-order valence-corrected chi connectivity index (χ1v) is 7.75. The lowest BCUT2D eigenvalue weighted by molar-refractivity contribution is 0.870. The lowest BCUT2D eigenvalue weighted by Gasteiger charge is -2.26. The Kier molecular flexibility index (Phi) is 2.86. The zero-order valence-electron chi connectivity index (χ0n) is 11.2. The number of fused-ring (bicyclic) bond motifs is 1. The highest BCUT2D eigenvalue weighted by molar-refractivity contribution is 9.10. The zero-order valence-corrected chi connectivity index (χ0v) is 12.8. The van der Waals surface area contributed by atoms with Crippen LogP contribution in [-0.2, 0) is 0 Å². The van der Waals surface area contributed by atoms with Gasteiger partial charge in [-0.2, -0.15) is 5.10 Å². The predicted molar refractivity (Wildman–Crippen MR) is 84.5 cm³/mol. The third-order valence-corrected chi connectivity index (χ3v) is 4.83. The van der Waals surface area contributed by atoms with E-state index in [-0.39, 0.29) is 5.92 Å². The van der Waals surface area contributed by atoms with Crippen molar-refractivity contribution in [1.82, 2.24) is 10.2 Å². The van der Waals surface area contributed by atoms with E-state index >= 15 is 0 Å². The largest absolute Gasteiger partial charge is 0.354 e. The summed E-state index contributed by atoms with van der Waals surface area (Å²) in [6.07, 6.45) is 4.14. The molecule has 1 fully saturated rings. The molecule has 2 N–H and O–H groups in total. The van der Waals surface area contributed by atoms with E-state index in [0.717, 1.165) is 45.7 Å². The molecule has 0 radical (unpaired) electrons. The highest BCUT2D eigenvalue weighted by Crippen LogP contribution is 2.49. The second kappa shape index (κ2) is 4.74. The van der Waals surface area contributed by atoms with Gasteiger partial charge in [0, 0.05) is 15.7 Å². The van der Waals surface area contributed by atoms with E-state index < -0.39 is 0 Å². The molecule has 104 valence electrons. The van der Waals surface area contributed by atoms with Gasteiger partial charge in [0.05, 0.1) is 18.7 Å². The maximum atomic E-state index is 7.67. The molecular formula is C16H13BrN4. The fraction of sp³-hybridized carbons (Fsp3) is 0.250. The molecule has 0 saturated heterocycles. The molecule has 1 aromatic heterocycles. The van der Waals surface area contributed by atoms with Gasteiger partial charge in [-0.15, -0.1) is 0 Å². The summed E-state index contributed by atoms with van der Waals surface area (Å²) in [5.74, 6) is 1.37. The molecular weight excluding hydrogens is 328 g/mol. The molecule has 1 aromatic carbocycles. The van der Waals surface area contributed by atoms with E-state index in [4.69, 9.17) is 6.57 Å². The minimum atomic E-state index is -0.0522. The van der Waals surface area contributed by atoms with Crippen molar-refractivity contribution in [3.63, 3.8) is 0 Å². The van der Waals surface area contributed by atoms with Crippen LogP contribution >= 0.6 is 15.9 Å². The van der Waals surface area contributed by atoms with Crippen molar-refractivity contribution in [2.75, 3.05) is 5.32 Å². The summed E-state index contributed by atoms with van der Waals surface area (Å²) in [6, 6.07) is 8.11. The Morgan fingerprint density at radius 1 is 1.24 bits per heavy atom. The van der Waals surface area contributed by atoms with Crippen molar-refractivity contribution in [3.8, 4) is 0 Å². The van der Waals surface area contributed by atoms with Gasteiger partial charge in [-0.1, -0.05) is 34.1 Å². The number of allylic oxidation sites excluding steroid dienone is 2. The number of H-pyrrole nitrogens is 1. The molecule has 2 aromatic rings. The maximum absolute atomic E-state index is 7.67. The number of aromatic nitrogens is 2. The Labute approximate surface area is 131 Å². The van der Waals surface area contributed by atoms with Crippen molar-refractivity contribution in [2.24, 2.45) is 5.92 Å². The molecule has 1 aliphatic carbocycles. The van der Waals surface area contributed by atoms with Crippen LogP contribution in [0.1, 0.15) is 29.9 Å². The summed E-state index contributed by atoms with van der Waals surface area (Å²) < 4.78 is 1.03. The van der Waals surface area contributed by atoms with Crippen molar-refractivity contribution in [2.45, 2.75) is 18.8 Å². The normalized spacial score (nSPS) is 20.7. The third-order valence-electron chi connectivity index (χ3n) is 4.11. The molecule has 1 saturated carbocycles. The first-order chi connectivity index (χ1) is 10.3. The number of halogens is 1. The van der Waals surface area contributed by atoms with Crippen LogP contribution in [0.15, 0.2) is 46.3 Å². The Morgan fingerprint density at radius 3 is 2.76 bits per heavy atom. The molecule has 0 spiro atoms. The Morgan fingerprint density at radius 2 is 2.05 bits per heavy atom. The smallest absolute Gasteiger partial charge is 0.196 e. The predicted octanol–water partition coefficient (Wildman–Crippen LogP) is 4.27. The molecule has 21 heavy (non-hydrogen) atoms. The summed E-state index contributed by atoms with van der Waals surface area (Å²) in [6.45, 7) is 7.67. The van der Waals surface area contributed by atoms with Gasteiger partial charge in [0.15, 0.2) is 5.70 Å². The first-order valence-electron chi connectivity index (χ1n) is 6.96. The summed E-state index contributed by atoms with van der Waals surface area (Å²) in [7, 11) is 0. The number of hydrogen-bond acceptors (Lipinski definition) is 2. The van der Waals surface area contributed by atoms with E-state index in [9.17, 15) is 0 Å². The summed E-state index contributed by atoms with van der Waals surface area (Å²) in [4.78, 5) is 3.87. The Balaban J connectivity index is 1.94. The number of nitrogens with one attached hydrogen (secondary N) is 2. The van der Waals surface area contributed by atoms with Crippen molar-refractivity contribution >= 4 is 21.7 Å². The van der Waals surface area contributed by atoms with E-state index in [1.807, 2.05) is 24.4 Å². The van der Waals surface area contributed by atoms with Gasteiger partial charge in [-0.05, 0) is 30.4 Å². The van der Waals surface area contributed by atoms with Crippen LogP contribution in [0.5, 0.6) is 0 Å². The number of hydrogen-bond donors (Lipinski definition) is 2. The second-order valence-corrected chi connectivity index (χ2v) is 6.32. The topological polar surface area (TPSA) is 45.1 Å². The molecule has 1 aliphatic heterocycles. The average molecular weight is 341 g/mol. The highest BCUT2D eigenvalue weighted by Gasteiger charge is 2.38. The highest BCUT2D eigenvalue weighted by atomic mass is 79.9. The number of aromatic amines is 1. The summed E-state index contributed by atoms with van der Waals surface area (Å²) >= 11 is 3.62. The Hall–Kier alpha value is -2.06. The van der Waals surface area contributed by atoms with Crippen LogP contribution < -0.4 is 5.32 Å².